The maximum atomic E-state index is 11.6. The highest BCUT2D eigenvalue weighted by atomic mass is 16.6. The van der Waals surface area contributed by atoms with Crippen molar-refractivity contribution in [1.82, 2.24) is 16.3 Å². The number of hydrogen-bond donors (Lipinski definition) is 4. The summed E-state index contributed by atoms with van der Waals surface area (Å²) in [6.07, 6.45) is 4.95. The molecular formula is C12H25N5O2. The summed E-state index contributed by atoms with van der Waals surface area (Å²) in [7, 11) is 0. The second kappa shape index (κ2) is 7.30. The van der Waals surface area contributed by atoms with Gasteiger partial charge in [-0.3, -0.25) is 16.3 Å². The van der Waals surface area contributed by atoms with Gasteiger partial charge in [0, 0.05) is 6.04 Å². The van der Waals surface area contributed by atoms with Crippen LogP contribution in [0.1, 0.15) is 46.5 Å². The summed E-state index contributed by atoms with van der Waals surface area (Å²) < 4.78 is 5.23. The third-order valence-electron chi connectivity index (χ3n) is 2.85. The normalized spacial score (nSPS) is 24.2. The first-order valence-electron chi connectivity index (χ1n) is 6.63. The minimum Gasteiger partial charge on any atom is -0.444 e. The molecule has 0 radical (unpaired) electrons. The Morgan fingerprint density at radius 1 is 1.32 bits per heavy atom. The molecule has 1 aliphatic rings. The largest absolute Gasteiger partial charge is 0.444 e. The molecule has 1 aliphatic carbocycles. The quantitative estimate of drug-likeness (QED) is 0.262. The zero-order chi connectivity index (χ0) is 14.3. The molecule has 0 aromatic rings. The second-order valence-electron chi connectivity index (χ2n) is 5.72. The fourth-order valence-corrected chi connectivity index (χ4v) is 2.02. The molecule has 0 aromatic carbocycles. The van der Waals surface area contributed by atoms with Crippen LogP contribution in [-0.2, 0) is 4.74 Å². The molecule has 1 amide bonds. The van der Waals surface area contributed by atoms with E-state index in [1.54, 1.807) is 6.34 Å². The summed E-state index contributed by atoms with van der Waals surface area (Å²) >= 11 is 0. The number of nitrogens with zero attached hydrogens (tertiary/aromatic N) is 1. The predicted octanol–water partition coefficient (Wildman–Crippen LogP) is 0.819. The highest BCUT2D eigenvalue weighted by Crippen LogP contribution is 2.21. The van der Waals surface area contributed by atoms with E-state index < -0.39 is 5.60 Å². The minimum atomic E-state index is -0.452. The number of carbonyl (C=O) groups excluding carboxylic acids is 1. The SMILES string of the molecule is CC(C)(C)OC(=O)NC1CCC(N=CNNN)CC1. The van der Waals surface area contributed by atoms with Crippen LogP contribution >= 0.6 is 0 Å². The first kappa shape index (κ1) is 15.7. The zero-order valence-corrected chi connectivity index (χ0v) is 11.9. The summed E-state index contributed by atoms with van der Waals surface area (Å²) in [5.74, 6) is 5.06. The molecule has 0 heterocycles. The number of rotatable bonds is 4. The number of hydrazine groups is 2. The predicted molar refractivity (Wildman–Crippen MR) is 74.4 cm³/mol. The van der Waals surface area contributed by atoms with E-state index in [1.807, 2.05) is 20.8 Å². The Bertz CT molecular complexity index is 306. The highest BCUT2D eigenvalue weighted by molar-refractivity contribution is 5.68. The van der Waals surface area contributed by atoms with E-state index in [0.29, 0.717) is 0 Å². The van der Waals surface area contributed by atoms with Crippen LogP contribution in [0.25, 0.3) is 0 Å². The Kier molecular flexibility index (Phi) is 6.04. The monoisotopic (exact) mass is 271 g/mol. The maximum Gasteiger partial charge on any atom is 0.407 e. The van der Waals surface area contributed by atoms with E-state index in [2.05, 4.69) is 21.3 Å². The average molecular weight is 271 g/mol. The van der Waals surface area contributed by atoms with Gasteiger partial charge in [-0.2, -0.15) is 5.53 Å². The van der Waals surface area contributed by atoms with E-state index in [0.717, 1.165) is 25.7 Å². The molecule has 1 fully saturated rings. The van der Waals surface area contributed by atoms with Crippen molar-refractivity contribution in [3.8, 4) is 0 Å². The summed E-state index contributed by atoms with van der Waals surface area (Å²) in [5, 5.41) is 2.90. The van der Waals surface area contributed by atoms with Gasteiger partial charge in [0.05, 0.1) is 12.4 Å². The summed E-state index contributed by atoms with van der Waals surface area (Å²) in [4.78, 5) is 15.9. The Morgan fingerprint density at radius 2 is 1.95 bits per heavy atom. The van der Waals surface area contributed by atoms with Gasteiger partial charge in [-0.05, 0) is 46.5 Å². The van der Waals surface area contributed by atoms with Crippen LogP contribution in [0.2, 0.25) is 0 Å². The Labute approximate surface area is 114 Å². The summed E-state index contributed by atoms with van der Waals surface area (Å²) in [6.45, 7) is 5.57. The van der Waals surface area contributed by atoms with E-state index in [-0.39, 0.29) is 18.2 Å². The summed E-state index contributed by atoms with van der Waals surface area (Å²) in [6, 6.07) is 0.472. The van der Waals surface area contributed by atoms with Crippen molar-refractivity contribution >= 4 is 12.4 Å². The van der Waals surface area contributed by atoms with E-state index in [4.69, 9.17) is 10.6 Å². The van der Waals surface area contributed by atoms with Gasteiger partial charge in [0.15, 0.2) is 0 Å². The van der Waals surface area contributed by atoms with Crippen LogP contribution in [0.15, 0.2) is 4.99 Å². The molecule has 0 aromatic heterocycles. The molecule has 0 saturated heterocycles. The standard InChI is InChI=1S/C12H25N5O2/c1-12(2,3)19-11(18)16-10-6-4-9(5-7-10)14-8-15-17-13/h8-10,17H,4-7,13H2,1-3H3,(H,14,15)(H,16,18). The van der Waals surface area contributed by atoms with Crippen LogP contribution in [0.3, 0.4) is 0 Å². The van der Waals surface area contributed by atoms with Crippen molar-refractivity contribution in [2.75, 3.05) is 0 Å². The molecule has 0 unspecified atom stereocenters. The lowest BCUT2D eigenvalue weighted by Crippen LogP contribution is -2.41. The first-order chi connectivity index (χ1) is 8.90. The molecule has 1 saturated carbocycles. The van der Waals surface area contributed by atoms with Crippen LogP contribution in [0.5, 0.6) is 0 Å². The number of nitrogens with two attached hydrogens (primary N) is 1. The number of nitrogens with one attached hydrogen (secondary N) is 3. The van der Waals surface area contributed by atoms with E-state index in [1.165, 1.54) is 0 Å². The second-order valence-corrected chi connectivity index (χ2v) is 5.72. The van der Waals surface area contributed by atoms with Gasteiger partial charge in [-0.1, -0.05) is 0 Å². The maximum absolute atomic E-state index is 11.6. The number of hydrogen-bond acceptors (Lipinski definition) is 5. The zero-order valence-electron chi connectivity index (χ0n) is 11.9. The fourth-order valence-electron chi connectivity index (χ4n) is 2.02. The molecule has 19 heavy (non-hydrogen) atoms. The van der Waals surface area contributed by atoms with Crippen molar-refractivity contribution in [1.29, 1.82) is 0 Å². The smallest absolute Gasteiger partial charge is 0.407 e. The van der Waals surface area contributed by atoms with E-state index in [9.17, 15) is 4.79 Å². The molecule has 5 N–H and O–H groups in total. The lowest BCUT2D eigenvalue weighted by atomic mass is 9.92. The Hall–Kier alpha value is -1.34. The fraction of sp³-hybridized carbons (Fsp3) is 0.833. The van der Waals surface area contributed by atoms with Crippen LogP contribution in [0.4, 0.5) is 4.79 Å². The minimum absolute atomic E-state index is 0.182. The van der Waals surface area contributed by atoms with Gasteiger partial charge in [-0.25, -0.2) is 4.79 Å². The lowest BCUT2D eigenvalue weighted by molar-refractivity contribution is 0.0491. The van der Waals surface area contributed by atoms with Gasteiger partial charge in [0.1, 0.15) is 5.60 Å². The third kappa shape index (κ3) is 6.97. The van der Waals surface area contributed by atoms with Gasteiger partial charge < -0.3 is 10.1 Å². The summed E-state index contributed by atoms with van der Waals surface area (Å²) in [5.41, 5.74) is 4.45. The molecule has 0 bridgehead atoms. The molecule has 1 rings (SSSR count). The van der Waals surface area contributed by atoms with Crippen molar-refractivity contribution in [2.45, 2.75) is 64.1 Å². The van der Waals surface area contributed by atoms with Crippen LogP contribution in [0, 0.1) is 0 Å². The molecule has 7 nitrogen and oxygen atoms in total. The highest BCUT2D eigenvalue weighted by Gasteiger charge is 2.24. The Balaban J connectivity index is 2.25. The lowest BCUT2D eigenvalue weighted by Gasteiger charge is -2.28. The molecule has 0 spiro atoms. The molecular weight excluding hydrogens is 246 g/mol. The Morgan fingerprint density at radius 3 is 2.47 bits per heavy atom. The van der Waals surface area contributed by atoms with Gasteiger partial charge in [0.2, 0.25) is 0 Å². The van der Waals surface area contributed by atoms with Crippen LogP contribution < -0.4 is 22.1 Å². The topological polar surface area (TPSA) is 101 Å². The van der Waals surface area contributed by atoms with Gasteiger partial charge >= 0.3 is 6.09 Å². The van der Waals surface area contributed by atoms with Gasteiger partial charge in [-0.15, -0.1) is 0 Å². The first-order valence-corrected chi connectivity index (χ1v) is 6.63. The van der Waals surface area contributed by atoms with Crippen molar-refractivity contribution in [3.63, 3.8) is 0 Å². The molecule has 0 atom stereocenters. The van der Waals surface area contributed by atoms with Crippen molar-refractivity contribution < 1.29 is 9.53 Å². The average Bonchev–Trinajstić information content (AvgIpc) is 2.29. The van der Waals surface area contributed by atoms with Crippen molar-refractivity contribution in [3.05, 3.63) is 0 Å². The molecule has 110 valence electrons. The number of alkyl carbamates (subject to hydrolysis) is 1. The molecule has 7 heteroatoms. The van der Waals surface area contributed by atoms with Gasteiger partial charge in [0.25, 0.3) is 0 Å². The number of aliphatic imine (C=N–C) groups is 1. The number of amides is 1. The number of carbonyl (C=O) groups is 1. The molecule has 0 aliphatic heterocycles. The van der Waals surface area contributed by atoms with E-state index >= 15 is 0 Å². The van der Waals surface area contributed by atoms with Crippen LogP contribution in [-0.4, -0.2) is 30.1 Å². The third-order valence-corrected chi connectivity index (χ3v) is 2.85. The number of ether oxygens (including phenoxy) is 1. The van der Waals surface area contributed by atoms with Crippen molar-refractivity contribution in [2.24, 2.45) is 10.8 Å².